The lowest BCUT2D eigenvalue weighted by Crippen LogP contribution is -2.13. The van der Waals surface area contributed by atoms with Gasteiger partial charge >= 0.3 is 0 Å². The SMILES string of the molecule is CC(CO)COc1ccc(Br)cc1CN. The molecule has 0 aliphatic rings. The molecule has 0 saturated heterocycles. The molecule has 0 bridgehead atoms. The molecular weight excluding hydrogens is 258 g/mol. The first kappa shape index (κ1) is 12.5. The largest absolute Gasteiger partial charge is 0.493 e. The number of hydrogen-bond acceptors (Lipinski definition) is 3. The fourth-order valence-electron chi connectivity index (χ4n) is 1.13. The number of halogens is 1. The van der Waals surface area contributed by atoms with Gasteiger partial charge in [-0.15, -0.1) is 0 Å². The first-order valence-corrected chi connectivity index (χ1v) is 5.68. The van der Waals surface area contributed by atoms with E-state index in [9.17, 15) is 0 Å². The van der Waals surface area contributed by atoms with Crippen molar-refractivity contribution in [3.8, 4) is 5.75 Å². The maximum absolute atomic E-state index is 8.87. The van der Waals surface area contributed by atoms with Crippen molar-refractivity contribution in [2.75, 3.05) is 13.2 Å². The minimum absolute atomic E-state index is 0.133. The smallest absolute Gasteiger partial charge is 0.123 e. The van der Waals surface area contributed by atoms with Gasteiger partial charge in [-0.2, -0.15) is 0 Å². The van der Waals surface area contributed by atoms with Crippen LogP contribution >= 0.6 is 15.9 Å². The van der Waals surface area contributed by atoms with E-state index in [0.717, 1.165) is 15.8 Å². The fraction of sp³-hybridized carbons (Fsp3) is 0.455. The van der Waals surface area contributed by atoms with Crippen LogP contribution in [0.4, 0.5) is 0 Å². The first-order valence-electron chi connectivity index (χ1n) is 4.89. The first-order chi connectivity index (χ1) is 7.17. The van der Waals surface area contributed by atoms with Gasteiger partial charge in [0.15, 0.2) is 0 Å². The Morgan fingerprint density at radius 1 is 1.53 bits per heavy atom. The Hall–Kier alpha value is -0.580. The van der Waals surface area contributed by atoms with Gasteiger partial charge in [0.25, 0.3) is 0 Å². The molecule has 0 fully saturated rings. The zero-order valence-electron chi connectivity index (χ0n) is 8.74. The molecule has 0 radical (unpaired) electrons. The third-order valence-corrected chi connectivity index (χ3v) is 2.57. The Balaban J connectivity index is 2.67. The Morgan fingerprint density at radius 2 is 2.27 bits per heavy atom. The van der Waals surface area contributed by atoms with E-state index in [1.54, 1.807) is 0 Å². The summed E-state index contributed by atoms with van der Waals surface area (Å²) in [5.74, 6) is 0.931. The van der Waals surface area contributed by atoms with Gasteiger partial charge in [-0.3, -0.25) is 0 Å². The fourth-order valence-corrected chi connectivity index (χ4v) is 1.54. The molecule has 3 nitrogen and oxygen atoms in total. The highest BCUT2D eigenvalue weighted by molar-refractivity contribution is 9.10. The predicted molar refractivity (Wildman–Crippen MR) is 63.8 cm³/mol. The van der Waals surface area contributed by atoms with Crippen LogP contribution in [0.15, 0.2) is 22.7 Å². The molecule has 0 spiro atoms. The van der Waals surface area contributed by atoms with Crippen LogP contribution in [0.1, 0.15) is 12.5 Å². The minimum Gasteiger partial charge on any atom is -0.493 e. The average Bonchev–Trinajstić information content (AvgIpc) is 2.26. The highest BCUT2D eigenvalue weighted by Gasteiger charge is 2.05. The van der Waals surface area contributed by atoms with E-state index in [4.69, 9.17) is 15.6 Å². The van der Waals surface area contributed by atoms with Crippen LogP contribution in [-0.2, 0) is 6.54 Å². The molecule has 0 aromatic heterocycles. The number of hydrogen-bond donors (Lipinski definition) is 2. The van der Waals surface area contributed by atoms with Crippen molar-refractivity contribution in [1.29, 1.82) is 0 Å². The van der Waals surface area contributed by atoms with E-state index in [1.165, 1.54) is 0 Å². The lowest BCUT2D eigenvalue weighted by atomic mass is 10.2. The van der Waals surface area contributed by atoms with Gasteiger partial charge in [-0.05, 0) is 18.2 Å². The van der Waals surface area contributed by atoms with Gasteiger partial charge in [0.2, 0.25) is 0 Å². The summed E-state index contributed by atoms with van der Waals surface area (Å²) in [7, 11) is 0. The summed E-state index contributed by atoms with van der Waals surface area (Å²) >= 11 is 3.38. The van der Waals surface area contributed by atoms with Crippen LogP contribution in [0, 0.1) is 5.92 Å². The predicted octanol–water partition coefficient (Wildman–Crippen LogP) is 1.91. The van der Waals surface area contributed by atoms with Crippen molar-refractivity contribution in [1.82, 2.24) is 0 Å². The topological polar surface area (TPSA) is 55.5 Å². The van der Waals surface area contributed by atoms with E-state index in [2.05, 4.69) is 15.9 Å². The highest BCUT2D eigenvalue weighted by atomic mass is 79.9. The van der Waals surface area contributed by atoms with Crippen molar-refractivity contribution in [2.24, 2.45) is 11.7 Å². The van der Waals surface area contributed by atoms with Crippen molar-refractivity contribution >= 4 is 15.9 Å². The van der Waals surface area contributed by atoms with E-state index < -0.39 is 0 Å². The van der Waals surface area contributed by atoms with Crippen LogP contribution in [0.2, 0.25) is 0 Å². The number of aliphatic hydroxyl groups excluding tert-OH is 1. The van der Waals surface area contributed by atoms with E-state index in [0.29, 0.717) is 13.2 Å². The standard InChI is InChI=1S/C11H16BrNO2/c1-8(6-14)7-15-11-3-2-10(12)4-9(11)5-13/h2-4,8,14H,5-7,13H2,1H3. The summed E-state index contributed by atoms with van der Waals surface area (Å²) in [6.07, 6.45) is 0. The van der Waals surface area contributed by atoms with Crippen molar-refractivity contribution in [3.05, 3.63) is 28.2 Å². The maximum Gasteiger partial charge on any atom is 0.123 e. The molecule has 1 aromatic carbocycles. The van der Waals surface area contributed by atoms with Crippen LogP contribution in [-0.4, -0.2) is 18.3 Å². The molecular formula is C11H16BrNO2. The highest BCUT2D eigenvalue weighted by Crippen LogP contribution is 2.23. The molecule has 1 aromatic rings. The van der Waals surface area contributed by atoms with Crippen molar-refractivity contribution < 1.29 is 9.84 Å². The molecule has 4 heteroatoms. The van der Waals surface area contributed by atoms with Crippen LogP contribution in [0.25, 0.3) is 0 Å². The second-order valence-electron chi connectivity index (χ2n) is 3.55. The van der Waals surface area contributed by atoms with Gasteiger partial charge in [0.1, 0.15) is 5.75 Å². The van der Waals surface area contributed by atoms with E-state index in [-0.39, 0.29) is 12.5 Å². The van der Waals surface area contributed by atoms with Crippen molar-refractivity contribution in [3.63, 3.8) is 0 Å². The molecule has 0 saturated carbocycles. The lowest BCUT2D eigenvalue weighted by molar-refractivity contribution is 0.173. The number of benzene rings is 1. The Morgan fingerprint density at radius 3 is 2.87 bits per heavy atom. The van der Waals surface area contributed by atoms with E-state index >= 15 is 0 Å². The summed E-state index contributed by atoms with van der Waals surface area (Å²) < 4.78 is 6.57. The van der Waals surface area contributed by atoms with Gasteiger partial charge in [0, 0.05) is 29.1 Å². The molecule has 1 atom stereocenters. The summed E-state index contributed by atoms with van der Waals surface area (Å²) in [6.45, 7) is 3.02. The molecule has 1 unspecified atom stereocenters. The third-order valence-electron chi connectivity index (χ3n) is 2.08. The normalized spacial score (nSPS) is 12.5. The van der Waals surface area contributed by atoms with E-state index in [1.807, 2.05) is 25.1 Å². The Labute approximate surface area is 98.4 Å². The van der Waals surface area contributed by atoms with Gasteiger partial charge in [0.05, 0.1) is 6.61 Å². The maximum atomic E-state index is 8.87. The summed E-state index contributed by atoms with van der Waals surface area (Å²) in [5, 5.41) is 8.87. The van der Waals surface area contributed by atoms with Gasteiger partial charge in [-0.1, -0.05) is 22.9 Å². The number of rotatable bonds is 5. The Bertz CT molecular complexity index is 317. The summed E-state index contributed by atoms with van der Waals surface area (Å²) in [6, 6.07) is 5.74. The van der Waals surface area contributed by atoms with Crippen LogP contribution in [0.3, 0.4) is 0 Å². The summed E-state index contributed by atoms with van der Waals surface area (Å²) in [4.78, 5) is 0. The molecule has 15 heavy (non-hydrogen) atoms. The zero-order chi connectivity index (χ0) is 11.3. The second-order valence-corrected chi connectivity index (χ2v) is 4.47. The minimum atomic E-state index is 0.133. The molecule has 0 amide bonds. The molecule has 0 aliphatic heterocycles. The average molecular weight is 274 g/mol. The molecule has 84 valence electrons. The number of aliphatic hydroxyl groups is 1. The number of nitrogens with two attached hydrogens (primary N) is 1. The Kier molecular flexibility index (Phi) is 5.08. The van der Waals surface area contributed by atoms with Crippen LogP contribution < -0.4 is 10.5 Å². The number of ether oxygens (including phenoxy) is 1. The van der Waals surface area contributed by atoms with Gasteiger partial charge < -0.3 is 15.6 Å². The van der Waals surface area contributed by atoms with Gasteiger partial charge in [-0.25, -0.2) is 0 Å². The lowest BCUT2D eigenvalue weighted by Gasteiger charge is -2.13. The van der Waals surface area contributed by atoms with Crippen molar-refractivity contribution in [2.45, 2.75) is 13.5 Å². The molecule has 1 rings (SSSR count). The molecule has 0 aliphatic carbocycles. The summed E-state index contributed by atoms with van der Waals surface area (Å²) in [5.41, 5.74) is 6.58. The monoisotopic (exact) mass is 273 g/mol. The zero-order valence-corrected chi connectivity index (χ0v) is 10.3. The molecule has 3 N–H and O–H groups in total. The second kappa shape index (κ2) is 6.10. The third kappa shape index (κ3) is 3.81. The quantitative estimate of drug-likeness (QED) is 0.862. The molecule has 0 heterocycles. The van der Waals surface area contributed by atoms with Crippen LogP contribution in [0.5, 0.6) is 5.75 Å².